The number of carboxylic acids is 1. The molecule has 4 heteroatoms. The first kappa shape index (κ1) is 14.5. The molecule has 0 atom stereocenters. The van der Waals surface area contributed by atoms with Crippen LogP contribution < -0.4 is 4.74 Å². The lowest BCUT2D eigenvalue weighted by molar-refractivity contribution is 0.0693. The first-order chi connectivity index (χ1) is 8.61. The summed E-state index contributed by atoms with van der Waals surface area (Å²) >= 11 is 3.35. The van der Waals surface area contributed by atoms with Gasteiger partial charge in [0.25, 0.3) is 0 Å². The van der Waals surface area contributed by atoms with Crippen LogP contribution in [0.1, 0.15) is 24.2 Å². The molecule has 0 radical (unpaired) electrons. The normalized spacial score (nSPS) is 9.56. The van der Waals surface area contributed by atoms with Gasteiger partial charge in [0, 0.05) is 4.47 Å². The highest BCUT2D eigenvalue weighted by molar-refractivity contribution is 9.10. The summed E-state index contributed by atoms with van der Waals surface area (Å²) in [5.74, 6) is -0.610. The molecule has 1 N–H and O–H groups in total. The molecule has 2 aromatic carbocycles. The van der Waals surface area contributed by atoms with E-state index in [0.29, 0.717) is 5.75 Å². The summed E-state index contributed by atoms with van der Waals surface area (Å²) in [7, 11) is 1.46. The molecule has 96 valence electrons. The molecular weight excluding hydrogens is 296 g/mol. The molecule has 0 aliphatic carbocycles. The van der Waals surface area contributed by atoms with Crippen molar-refractivity contribution in [1.29, 1.82) is 0 Å². The van der Waals surface area contributed by atoms with Gasteiger partial charge in [-0.2, -0.15) is 0 Å². The number of carboxylic acid groups (broad SMARTS) is 1. The summed E-state index contributed by atoms with van der Waals surface area (Å²) in [4.78, 5) is 11.0. The van der Waals surface area contributed by atoms with Crippen LogP contribution in [0.2, 0.25) is 0 Å². The second-order valence-corrected chi connectivity index (χ2v) is 4.26. The van der Waals surface area contributed by atoms with E-state index in [9.17, 15) is 4.79 Å². The predicted octanol–water partition coefficient (Wildman–Crippen LogP) is 4.34. The minimum absolute atomic E-state index is 0.174. The molecule has 2 rings (SSSR count). The average molecular weight is 311 g/mol. The smallest absolute Gasteiger partial charge is 0.339 e. The molecule has 0 saturated heterocycles. The molecule has 0 unspecified atom stereocenters. The van der Waals surface area contributed by atoms with Gasteiger partial charge in [0.15, 0.2) is 0 Å². The minimum atomic E-state index is -0.987. The van der Waals surface area contributed by atoms with Crippen LogP contribution in [-0.4, -0.2) is 18.2 Å². The van der Waals surface area contributed by atoms with E-state index in [1.807, 2.05) is 32.0 Å². The lowest BCUT2D eigenvalue weighted by atomic mass is 10.1. The van der Waals surface area contributed by atoms with Gasteiger partial charge in [-0.15, -0.1) is 0 Å². The van der Waals surface area contributed by atoms with E-state index in [0.717, 1.165) is 15.2 Å². The topological polar surface area (TPSA) is 46.5 Å². The average Bonchev–Trinajstić information content (AvgIpc) is 2.39. The summed E-state index contributed by atoms with van der Waals surface area (Å²) in [5, 5.41) is 10.9. The third kappa shape index (κ3) is 3.01. The maximum Gasteiger partial charge on any atom is 0.339 e. The molecule has 0 saturated carbocycles. The van der Waals surface area contributed by atoms with Crippen LogP contribution in [-0.2, 0) is 0 Å². The van der Waals surface area contributed by atoms with Crippen molar-refractivity contribution in [1.82, 2.24) is 0 Å². The summed E-state index contributed by atoms with van der Waals surface area (Å²) in [6.45, 7) is 4.00. The Kier molecular flexibility index (Phi) is 5.16. The SMILES string of the molecule is CC.COc1cc2ccc(Br)cc2cc1C(=O)O. The number of hydrogen-bond acceptors (Lipinski definition) is 2. The van der Waals surface area contributed by atoms with Crippen LogP contribution in [0.3, 0.4) is 0 Å². The van der Waals surface area contributed by atoms with Crippen LogP contribution in [0.5, 0.6) is 5.75 Å². The molecule has 0 aliphatic heterocycles. The van der Waals surface area contributed by atoms with Crippen LogP contribution in [0.4, 0.5) is 0 Å². The number of aromatic carboxylic acids is 1. The highest BCUT2D eigenvalue weighted by atomic mass is 79.9. The van der Waals surface area contributed by atoms with Crippen LogP contribution in [0, 0.1) is 0 Å². The Morgan fingerprint density at radius 1 is 1.17 bits per heavy atom. The van der Waals surface area contributed by atoms with Gasteiger partial charge in [0.2, 0.25) is 0 Å². The lowest BCUT2D eigenvalue weighted by Crippen LogP contribution is -2.00. The van der Waals surface area contributed by atoms with E-state index < -0.39 is 5.97 Å². The summed E-state index contributed by atoms with van der Waals surface area (Å²) in [6, 6.07) is 9.03. The Morgan fingerprint density at radius 3 is 2.39 bits per heavy atom. The summed E-state index contributed by atoms with van der Waals surface area (Å²) in [6.07, 6.45) is 0. The second kappa shape index (κ2) is 6.40. The molecule has 0 bridgehead atoms. The number of methoxy groups -OCH3 is 1. The predicted molar refractivity (Wildman–Crippen MR) is 76.5 cm³/mol. The fourth-order valence-corrected chi connectivity index (χ4v) is 1.96. The second-order valence-electron chi connectivity index (χ2n) is 3.35. The zero-order chi connectivity index (χ0) is 13.7. The Morgan fingerprint density at radius 2 is 1.83 bits per heavy atom. The number of ether oxygens (including phenoxy) is 1. The molecular formula is C14H15BrO3. The van der Waals surface area contributed by atoms with Crippen molar-refractivity contribution in [3.63, 3.8) is 0 Å². The maximum atomic E-state index is 11.0. The fraction of sp³-hybridized carbons (Fsp3) is 0.214. The largest absolute Gasteiger partial charge is 0.496 e. The molecule has 0 aliphatic rings. The number of rotatable bonds is 2. The maximum absolute atomic E-state index is 11.0. The monoisotopic (exact) mass is 310 g/mol. The molecule has 3 nitrogen and oxygen atoms in total. The Hall–Kier alpha value is -1.55. The van der Waals surface area contributed by atoms with Crippen LogP contribution >= 0.6 is 15.9 Å². The van der Waals surface area contributed by atoms with Crippen molar-refractivity contribution in [2.45, 2.75) is 13.8 Å². The van der Waals surface area contributed by atoms with Crippen molar-refractivity contribution < 1.29 is 14.6 Å². The van der Waals surface area contributed by atoms with Crippen molar-refractivity contribution >= 4 is 32.7 Å². The van der Waals surface area contributed by atoms with Crippen molar-refractivity contribution in [3.8, 4) is 5.75 Å². The van der Waals surface area contributed by atoms with Gasteiger partial charge in [-0.3, -0.25) is 0 Å². The quantitative estimate of drug-likeness (QED) is 0.897. The van der Waals surface area contributed by atoms with Gasteiger partial charge < -0.3 is 9.84 Å². The van der Waals surface area contributed by atoms with Gasteiger partial charge in [-0.1, -0.05) is 35.8 Å². The van der Waals surface area contributed by atoms with E-state index in [1.54, 1.807) is 12.1 Å². The van der Waals surface area contributed by atoms with Gasteiger partial charge in [0.1, 0.15) is 11.3 Å². The summed E-state index contributed by atoms with van der Waals surface area (Å²) in [5.41, 5.74) is 0.174. The number of carbonyl (C=O) groups is 1. The number of halogens is 1. The molecule has 0 fully saturated rings. The fourth-order valence-electron chi connectivity index (χ4n) is 1.58. The van der Waals surface area contributed by atoms with Gasteiger partial charge >= 0.3 is 5.97 Å². The zero-order valence-corrected chi connectivity index (χ0v) is 12.1. The third-order valence-corrected chi connectivity index (χ3v) is 2.84. The van der Waals surface area contributed by atoms with E-state index in [4.69, 9.17) is 9.84 Å². The zero-order valence-electron chi connectivity index (χ0n) is 10.5. The third-order valence-electron chi connectivity index (χ3n) is 2.35. The summed E-state index contributed by atoms with van der Waals surface area (Å²) < 4.78 is 5.97. The van der Waals surface area contributed by atoms with E-state index in [1.165, 1.54) is 7.11 Å². The highest BCUT2D eigenvalue weighted by Crippen LogP contribution is 2.27. The Labute approximate surface area is 115 Å². The van der Waals surface area contributed by atoms with Crippen LogP contribution in [0.15, 0.2) is 34.8 Å². The number of hydrogen-bond donors (Lipinski definition) is 1. The Bertz CT molecular complexity index is 564. The molecule has 0 heterocycles. The van der Waals surface area contributed by atoms with Crippen molar-refractivity contribution in [2.75, 3.05) is 7.11 Å². The first-order valence-corrected chi connectivity index (χ1v) is 6.41. The van der Waals surface area contributed by atoms with Gasteiger partial charge in [0.05, 0.1) is 7.11 Å². The van der Waals surface area contributed by atoms with Gasteiger partial charge in [-0.05, 0) is 35.0 Å². The van der Waals surface area contributed by atoms with E-state index >= 15 is 0 Å². The molecule has 0 amide bonds. The standard InChI is InChI=1S/C12H9BrO3.C2H6/c1-16-11-6-7-2-3-9(13)4-8(7)5-10(11)12(14)15;1-2/h2-6H,1H3,(H,14,15);1-2H3. The lowest BCUT2D eigenvalue weighted by Gasteiger charge is -2.07. The molecule has 0 aromatic heterocycles. The van der Waals surface area contributed by atoms with Crippen molar-refractivity contribution in [3.05, 3.63) is 40.4 Å². The molecule has 2 aromatic rings. The number of fused-ring (bicyclic) bond motifs is 1. The van der Waals surface area contributed by atoms with E-state index in [-0.39, 0.29) is 5.56 Å². The van der Waals surface area contributed by atoms with Gasteiger partial charge in [-0.25, -0.2) is 4.79 Å². The molecule has 18 heavy (non-hydrogen) atoms. The molecule has 0 spiro atoms. The van der Waals surface area contributed by atoms with E-state index in [2.05, 4.69) is 15.9 Å². The Balaban J connectivity index is 0.000000771. The van der Waals surface area contributed by atoms with Crippen LogP contribution in [0.25, 0.3) is 10.8 Å². The minimum Gasteiger partial charge on any atom is -0.496 e. The van der Waals surface area contributed by atoms with Crippen molar-refractivity contribution in [2.24, 2.45) is 0 Å². The number of benzene rings is 2. The first-order valence-electron chi connectivity index (χ1n) is 5.62. The highest BCUT2D eigenvalue weighted by Gasteiger charge is 2.12.